The predicted molar refractivity (Wildman–Crippen MR) is 78.1 cm³/mol. The molecule has 2 aromatic heterocycles. The minimum Gasteiger partial charge on any atom is -0.285 e. The van der Waals surface area contributed by atoms with Gasteiger partial charge in [-0.1, -0.05) is 11.8 Å². The van der Waals surface area contributed by atoms with Crippen molar-refractivity contribution >= 4 is 11.8 Å². The molecule has 2 aromatic rings. The molecule has 2 heterocycles. The average molecular weight is 300 g/mol. The summed E-state index contributed by atoms with van der Waals surface area (Å²) in [7, 11) is 3.41. The molecule has 112 valence electrons. The van der Waals surface area contributed by atoms with Crippen LogP contribution in [0.4, 0.5) is 0 Å². The third-order valence-electron chi connectivity index (χ3n) is 2.67. The van der Waals surface area contributed by atoms with Crippen LogP contribution in [0.2, 0.25) is 0 Å². The number of aromatic nitrogens is 6. The van der Waals surface area contributed by atoms with Gasteiger partial charge in [0.1, 0.15) is 6.33 Å². The number of aryl methyl sites for hydroxylation is 3. The summed E-state index contributed by atoms with van der Waals surface area (Å²) in [5.74, 6) is 0. The monoisotopic (exact) mass is 300 g/mol. The highest BCUT2D eigenvalue weighted by molar-refractivity contribution is 7.98. The lowest BCUT2D eigenvalue weighted by atomic mass is 10.8. The lowest BCUT2D eigenvalue weighted by molar-refractivity contribution is 0.618. The van der Waals surface area contributed by atoms with Gasteiger partial charge in [0.2, 0.25) is 0 Å². The van der Waals surface area contributed by atoms with Crippen molar-refractivity contribution in [1.29, 1.82) is 0 Å². The molecule has 0 aliphatic heterocycles. The molecule has 8 nitrogen and oxygen atoms in total. The maximum atomic E-state index is 11.2. The molecule has 0 amide bonds. The van der Waals surface area contributed by atoms with Gasteiger partial charge in [0.25, 0.3) is 0 Å². The Morgan fingerprint density at radius 2 is 1.70 bits per heavy atom. The Kier molecular flexibility index (Phi) is 5.81. The summed E-state index contributed by atoms with van der Waals surface area (Å²) in [5.41, 5.74) is -0.102. The van der Waals surface area contributed by atoms with Gasteiger partial charge in [-0.05, 0) is 20.1 Å². The molecule has 0 bridgehead atoms. The van der Waals surface area contributed by atoms with E-state index in [-0.39, 0.29) is 11.4 Å². The van der Waals surface area contributed by atoms with Gasteiger partial charge in [-0.25, -0.2) is 19.0 Å². The van der Waals surface area contributed by atoms with Crippen LogP contribution in [0.15, 0.2) is 21.1 Å². The highest BCUT2D eigenvalue weighted by atomic mass is 32.2. The van der Waals surface area contributed by atoms with E-state index in [4.69, 9.17) is 0 Å². The van der Waals surface area contributed by atoms with E-state index in [1.165, 1.54) is 32.0 Å². The molecule has 0 unspecified atom stereocenters. The maximum absolute atomic E-state index is 11.2. The van der Waals surface area contributed by atoms with Crippen LogP contribution >= 0.6 is 11.8 Å². The first-order valence-electron chi connectivity index (χ1n) is 6.22. The van der Waals surface area contributed by atoms with E-state index in [2.05, 4.69) is 10.2 Å². The third-order valence-corrected chi connectivity index (χ3v) is 3.39. The zero-order chi connectivity index (χ0) is 15.3. The smallest absolute Gasteiger partial charge is 0.285 e. The van der Waals surface area contributed by atoms with Gasteiger partial charge in [-0.3, -0.25) is 9.13 Å². The van der Waals surface area contributed by atoms with Crippen molar-refractivity contribution < 1.29 is 0 Å². The van der Waals surface area contributed by atoms with Gasteiger partial charge in [0, 0.05) is 27.2 Å². The Bertz CT molecular complexity index is 665. The lowest BCUT2D eigenvalue weighted by Crippen LogP contribution is -2.22. The molecule has 0 atom stereocenters. The zero-order valence-electron chi connectivity index (χ0n) is 12.4. The van der Waals surface area contributed by atoms with Crippen LogP contribution in [0.1, 0.15) is 13.8 Å². The second kappa shape index (κ2) is 7.13. The van der Waals surface area contributed by atoms with Crippen LogP contribution in [0.5, 0.6) is 0 Å². The van der Waals surface area contributed by atoms with E-state index in [1.54, 1.807) is 18.7 Å². The average Bonchev–Trinajstić information content (AvgIpc) is 2.93. The van der Waals surface area contributed by atoms with E-state index < -0.39 is 0 Å². The minimum absolute atomic E-state index is 0.0446. The van der Waals surface area contributed by atoms with Crippen LogP contribution in [0.3, 0.4) is 0 Å². The second-order valence-electron chi connectivity index (χ2n) is 3.98. The van der Waals surface area contributed by atoms with Crippen molar-refractivity contribution in [2.75, 3.05) is 6.26 Å². The molecule has 9 heteroatoms. The van der Waals surface area contributed by atoms with Crippen molar-refractivity contribution in [2.24, 2.45) is 14.1 Å². The summed E-state index contributed by atoms with van der Waals surface area (Å²) >= 11 is 1.48. The summed E-state index contributed by atoms with van der Waals surface area (Å²) < 4.78 is 5.85. The maximum Gasteiger partial charge on any atom is 0.346 e. The summed E-state index contributed by atoms with van der Waals surface area (Å²) in [6, 6.07) is 0. The highest BCUT2D eigenvalue weighted by Crippen LogP contribution is 2.06. The number of rotatable bonds is 3. The fourth-order valence-corrected chi connectivity index (χ4v) is 2.02. The molecule has 0 N–H and O–H groups in total. The molecule has 0 fully saturated rings. The van der Waals surface area contributed by atoms with E-state index in [1.807, 2.05) is 20.1 Å². The fraction of sp³-hybridized carbons (Fsp3) is 0.636. The molecular weight excluding hydrogens is 280 g/mol. The first-order chi connectivity index (χ1) is 9.46. The lowest BCUT2D eigenvalue weighted by Gasteiger charge is -1.88. The van der Waals surface area contributed by atoms with E-state index in [0.717, 1.165) is 5.16 Å². The van der Waals surface area contributed by atoms with Gasteiger partial charge in [-0.15, -0.1) is 5.10 Å². The number of nitrogens with zero attached hydrogens (tertiary/aromatic N) is 6. The first-order valence-corrected chi connectivity index (χ1v) is 7.44. The molecule has 0 saturated heterocycles. The van der Waals surface area contributed by atoms with E-state index in [0.29, 0.717) is 13.1 Å². The number of hydrogen-bond acceptors (Lipinski definition) is 5. The third kappa shape index (κ3) is 3.41. The molecule has 0 aromatic carbocycles. The Morgan fingerprint density at radius 1 is 1.10 bits per heavy atom. The van der Waals surface area contributed by atoms with Gasteiger partial charge in [-0.2, -0.15) is 5.10 Å². The normalized spacial score (nSPS) is 10.2. The van der Waals surface area contributed by atoms with Gasteiger partial charge < -0.3 is 0 Å². The number of thioether (sulfide) groups is 1. The SMILES string of the molecule is CCn1nc(SC)n(C)c1=O.CCn1ncn(C)c1=O. The predicted octanol–water partition coefficient (Wildman–Crippen LogP) is -0.0747. The number of hydrogen-bond donors (Lipinski definition) is 0. The van der Waals surface area contributed by atoms with Crippen molar-refractivity contribution in [3.05, 3.63) is 27.3 Å². The van der Waals surface area contributed by atoms with Crippen LogP contribution in [-0.4, -0.2) is 35.0 Å². The first kappa shape index (κ1) is 16.3. The van der Waals surface area contributed by atoms with E-state index in [9.17, 15) is 9.59 Å². The molecule has 20 heavy (non-hydrogen) atoms. The van der Waals surface area contributed by atoms with Gasteiger partial charge in [0.15, 0.2) is 5.16 Å². The molecule has 0 spiro atoms. The van der Waals surface area contributed by atoms with Crippen LogP contribution in [0.25, 0.3) is 0 Å². The van der Waals surface area contributed by atoms with Crippen LogP contribution in [0, 0.1) is 0 Å². The van der Waals surface area contributed by atoms with Crippen molar-refractivity contribution in [1.82, 2.24) is 28.7 Å². The van der Waals surface area contributed by atoms with Gasteiger partial charge in [0.05, 0.1) is 0 Å². The summed E-state index contributed by atoms with van der Waals surface area (Å²) in [5, 5.41) is 8.64. The molecule has 0 saturated carbocycles. The topological polar surface area (TPSA) is 79.6 Å². The Balaban J connectivity index is 0.000000204. The Labute approximate surface area is 121 Å². The Hall–Kier alpha value is -1.77. The van der Waals surface area contributed by atoms with Crippen molar-refractivity contribution in [3.63, 3.8) is 0 Å². The molecule has 0 aliphatic rings. The zero-order valence-corrected chi connectivity index (χ0v) is 13.2. The van der Waals surface area contributed by atoms with Crippen molar-refractivity contribution in [2.45, 2.75) is 32.1 Å². The molecule has 0 radical (unpaired) electrons. The largest absolute Gasteiger partial charge is 0.346 e. The quantitative estimate of drug-likeness (QED) is 0.741. The van der Waals surface area contributed by atoms with Crippen molar-refractivity contribution in [3.8, 4) is 0 Å². The van der Waals surface area contributed by atoms with E-state index >= 15 is 0 Å². The van der Waals surface area contributed by atoms with Crippen LogP contribution in [-0.2, 0) is 27.2 Å². The molecular formula is C11H20N6O2S. The Morgan fingerprint density at radius 3 is 1.95 bits per heavy atom. The summed E-state index contributed by atoms with van der Waals surface area (Å²) in [4.78, 5) is 22.1. The standard InChI is InChI=1S/C6H11N3OS.C5H9N3O/c1-4-9-6(10)8(2)5(7-9)11-3;1-3-8-5(9)7(2)4-6-8/h4H2,1-3H3;4H,3H2,1-2H3. The van der Waals surface area contributed by atoms with Crippen LogP contribution < -0.4 is 11.4 Å². The summed E-state index contributed by atoms with van der Waals surface area (Å²) in [6.07, 6.45) is 3.41. The minimum atomic E-state index is -0.0579. The fourth-order valence-electron chi connectivity index (χ4n) is 1.49. The summed E-state index contributed by atoms with van der Waals surface area (Å²) in [6.45, 7) is 5.06. The second-order valence-corrected chi connectivity index (χ2v) is 4.76. The highest BCUT2D eigenvalue weighted by Gasteiger charge is 2.05. The van der Waals surface area contributed by atoms with Gasteiger partial charge >= 0.3 is 11.4 Å². The molecule has 0 aliphatic carbocycles. The molecule has 2 rings (SSSR count).